The van der Waals surface area contributed by atoms with Crippen LogP contribution in [0.2, 0.25) is 0 Å². The fraction of sp³-hybridized carbons (Fsp3) is 0.550. The maximum absolute atomic E-state index is 13.5. The van der Waals surface area contributed by atoms with Crippen molar-refractivity contribution in [3.8, 4) is 0 Å². The SMILES string of the molecule is Cc1nc(N2CCC(C(=O)NC[C@H]3COCCO3)CC2)nc2ccc(F)cc12. The highest BCUT2D eigenvalue weighted by Gasteiger charge is 2.27. The first-order valence-corrected chi connectivity index (χ1v) is 9.76. The van der Waals surface area contributed by atoms with Gasteiger partial charge >= 0.3 is 0 Å². The number of fused-ring (bicyclic) bond motifs is 1. The summed E-state index contributed by atoms with van der Waals surface area (Å²) < 4.78 is 24.4. The molecule has 3 heterocycles. The van der Waals surface area contributed by atoms with Gasteiger partial charge in [-0.2, -0.15) is 0 Å². The van der Waals surface area contributed by atoms with Gasteiger partial charge in [0.2, 0.25) is 11.9 Å². The van der Waals surface area contributed by atoms with E-state index in [1.807, 2.05) is 6.92 Å². The molecule has 1 aromatic carbocycles. The monoisotopic (exact) mass is 388 g/mol. The molecule has 4 rings (SSSR count). The number of aryl methyl sites for hydroxylation is 1. The van der Waals surface area contributed by atoms with E-state index < -0.39 is 0 Å². The lowest BCUT2D eigenvalue weighted by atomic mass is 9.96. The Morgan fingerprint density at radius 3 is 2.86 bits per heavy atom. The second kappa shape index (κ2) is 8.36. The highest BCUT2D eigenvalue weighted by atomic mass is 19.1. The number of ether oxygens (including phenoxy) is 2. The van der Waals surface area contributed by atoms with Crippen LogP contribution >= 0.6 is 0 Å². The lowest BCUT2D eigenvalue weighted by Crippen LogP contribution is -2.45. The van der Waals surface area contributed by atoms with Gasteiger partial charge in [0.25, 0.3) is 0 Å². The second-order valence-electron chi connectivity index (χ2n) is 7.34. The summed E-state index contributed by atoms with van der Waals surface area (Å²) in [5.41, 5.74) is 1.49. The predicted octanol–water partition coefficient (Wildman–Crippen LogP) is 1.83. The van der Waals surface area contributed by atoms with Crippen molar-refractivity contribution in [1.29, 1.82) is 0 Å². The van der Waals surface area contributed by atoms with Crippen LogP contribution in [0.1, 0.15) is 18.5 Å². The zero-order chi connectivity index (χ0) is 19.5. The van der Waals surface area contributed by atoms with Crippen LogP contribution in [0, 0.1) is 18.7 Å². The smallest absolute Gasteiger partial charge is 0.226 e. The van der Waals surface area contributed by atoms with E-state index in [1.54, 1.807) is 6.07 Å². The standard InChI is InChI=1S/C20H25FN4O3/c1-13-17-10-15(21)2-3-18(17)24-20(23-13)25-6-4-14(5-7-25)19(26)22-11-16-12-27-8-9-28-16/h2-3,10,14,16H,4-9,11-12H2,1H3,(H,22,26)/t16-/m0/s1. The van der Waals surface area contributed by atoms with E-state index in [9.17, 15) is 9.18 Å². The molecule has 1 atom stereocenters. The second-order valence-corrected chi connectivity index (χ2v) is 7.34. The summed E-state index contributed by atoms with van der Waals surface area (Å²) in [5.74, 6) is 0.406. The number of nitrogens with one attached hydrogen (secondary N) is 1. The van der Waals surface area contributed by atoms with Gasteiger partial charge in [-0.15, -0.1) is 0 Å². The molecule has 8 heteroatoms. The molecule has 150 valence electrons. The number of amides is 1. The third-order valence-corrected chi connectivity index (χ3v) is 5.37. The molecule has 28 heavy (non-hydrogen) atoms. The van der Waals surface area contributed by atoms with Gasteiger partial charge in [-0.25, -0.2) is 14.4 Å². The number of hydrogen-bond donors (Lipinski definition) is 1. The van der Waals surface area contributed by atoms with Gasteiger partial charge in [0.1, 0.15) is 5.82 Å². The number of piperidine rings is 1. The zero-order valence-corrected chi connectivity index (χ0v) is 16.0. The largest absolute Gasteiger partial charge is 0.376 e. The maximum Gasteiger partial charge on any atom is 0.226 e. The van der Waals surface area contributed by atoms with Crippen molar-refractivity contribution in [2.45, 2.75) is 25.9 Å². The minimum absolute atomic E-state index is 0.0172. The number of anilines is 1. The van der Waals surface area contributed by atoms with Gasteiger partial charge in [-0.3, -0.25) is 4.79 Å². The summed E-state index contributed by atoms with van der Waals surface area (Å²) in [6.45, 7) is 5.51. The van der Waals surface area contributed by atoms with Crippen LogP contribution in [0.5, 0.6) is 0 Å². The number of benzene rings is 1. The number of nitrogens with zero attached hydrogens (tertiary/aromatic N) is 3. The number of carbonyl (C=O) groups is 1. The Labute approximate surface area is 163 Å². The minimum atomic E-state index is -0.288. The Balaban J connectivity index is 1.34. The maximum atomic E-state index is 13.5. The van der Waals surface area contributed by atoms with Gasteiger partial charge < -0.3 is 19.7 Å². The Kier molecular flexibility index (Phi) is 5.68. The van der Waals surface area contributed by atoms with Crippen LogP contribution in [0.4, 0.5) is 10.3 Å². The summed E-state index contributed by atoms with van der Waals surface area (Å²) in [7, 11) is 0. The van der Waals surface area contributed by atoms with Crippen molar-refractivity contribution in [2.24, 2.45) is 5.92 Å². The molecule has 2 fully saturated rings. The van der Waals surface area contributed by atoms with Crippen LogP contribution in [0.3, 0.4) is 0 Å². The number of rotatable bonds is 4. The first kappa shape index (κ1) is 19.0. The summed E-state index contributed by atoms with van der Waals surface area (Å²) in [4.78, 5) is 23.7. The highest BCUT2D eigenvalue weighted by Crippen LogP contribution is 2.24. The zero-order valence-electron chi connectivity index (χ0n) is 16.0. The number of hydrogen-bond acceptors (Lipinski definition) is 6. The van der Waals surface area contributed by atoms with Crippen LogP contribution < -0.4 is 10.2 Å². The molecular formula is C20H25FN4O3. The predicted molar refractivity (Wildman–Crippen MR) is 103 cm³/mol. The Morgan fingerprint density at radius 2 is 2.11 bits per heavy atom. The molecule has 0 unspecified atom stereocenters. The fourth-order valence-electron chi connectivity index (χ4n) is 3.73. The molecule has 0 bridgehead atoms. The van der Waals surface area contributed by atoms with E-state index in [1.165, 1.54) is 12.1 Å². The van der Waals surface area contributed by atoms with Crippen LogP contribution in [0.25, 0.3) is 10.9 Å². The Hall–Kier alpha value is -2.32. The molecule has 0 aliphatic carbocycles. The quantitative estimate of drug-likeness (QED) is 0.861. The van der Waals surface area contributed by atoms with Crippen molar-refractivity contribution >= 4 is 22.8 Å². The average Bonchev–Trinajstić information content (AvgIpc) is 2.73. The lowest BCUT2D eigenvalue weighted by molar-refractivity contribution is -0.128. The Morgan fingerprint density at radius 1 is 1.29 bits per heavy atom. The topological polar surface area (TPSA) is 76.6 Å². The molecule has 0 radical (unpaired) electrons. The highest BCUT2D eigenvalue weighted by molar-refractivity contribution is 5.82. The first-order chi connectivity index (χ1) is 13.6. The number of halogens is 1. The van der Waals surface area contributed by atoms with Crippen LogP contribution in [0.15, 0.2) is 18.2 Å². The summed E-state index contributed by atoms with van der Waals surface area (Å²) in [5, 5.41) is 3.71. The molecule has 1 aromatic heterocycles. The van der Waals surface area contributed by atoms with Crippen LogP contribution in [-0.4, -0.2) is 61.4 Å². The summed E-state index contributed by atoms with van der Waals surface area (Å²) >= 11 is 0. The number of aromatic nitrogens is 2. The molecular weight excluding hydrogens is 363 g/mol. The van der Waals surface area contributed by atoms with Gasteiger partial charge in [-0.05, 0) is 38.0 Å². The number of carbonyl (C=O) groups excluding carboxylic acids is 1. The summed E-state index contributed by atoms with van der Waals surface area (Å²) in [6, 6.07) is 4.56. The van der Waals surface area contributed by atoms with Crippen LogP contribution in [-0.2, 0) is 14.3 Å². The third-order valence-electron chi connectivity index (χ3n) is 5.37. The molecule has 0 spiro atoms. The minimum Gasteiger partial charge on any atom is -0.376 e. The van der Waals surface area contributed by atoms with E-state index in [2.05, 4.69) is 20.2 Å². The van der Waals surface area contributed by atoms with E-state index in [4.69, 9.17) is 9.47 Å². The third kappa shape index (κ3) is 4.23. The normalized spacial score (nSPS) is 21.1. The first-order valence-electron chi connectivity index (χ1n) is 9.76. The van der Waals surface area contributed by atoms with Gasteiger partial charge in [0.05, 0.1) is 37.1 Å². The molecule has 2 aliphatic heterocycles. The molecule has 2 aromatic rings. The van der Waals surface area contributed by atoms with E-state index in [0.29, 0.717) is 45.4 Å². The molecule has 7 nitrogen and oxygen atoms in total. The molecule has 1 N–H and O–H groups in total. The Bertz CT molecular complexity index is 849. The van der Waals surface area contributed by atoms with Crippen molar-refractivity contribution in [3.05, 3.63) is 29.7 Å². The van der Waals surface area contributed by atoms with Gasteiger partial charge in [0, 0.05) is 30.9 Å². The summed E-state index contributed by atoms with van der Waals surface area (Å²) in [6.07, 6.45) is 1.44. The fourth-order valence-corrected chi connectivity index (χ4v) is 3.73. The van der Waals surface area contributed by atoms with Crippen molar-refractivity contribution < 1.29 is 18.7 Å². The van der Waals surface area contributed by atoms with E-state index in [-0.39, 0.29) is 23.7 Å². The average molecular weight is 388 g/mol. The molecule has 1 amide bonds. The lowest BCUT2D eigenvalue weighted by Gasteiger charge is -2.32. The van der Waals surface area contributed by atoms with Gasteiger partial charge in [-0.1, -0.05) is 0 Å². The van der Waals surface area contributed by atoms with Crippen molar-refractivity contribution in [2.75, 3.05) is 44.4 Å². The van der Waals surface area contributed by atoms with Gasteiger partial charge in [0.15, 0.2) is 0 Å². The van der Waals surface area contributed by atoms with Crippen molar-refractivity contribution in [3.63, 3.8) is 0 Å². The molecule has 0 saturated carbocycles. The van der Waals surface area contributed by atoms with E-state index >= 15 is 0 Å². The molecule has 2 saturated heterocycles. The van der Waals surface area contributed by atoms with E-state index in [0.717, 1.165) is 29.4 Å². The molecule has 2 aliphatic rings. The van der Waals surface area contributed by atoms with Crippen molar-refractivity contribution in [1.82, 2.24) is 15.3 Å².